The number of carbonyl (C=O) groups is 1. The summed E-state index contributed by atoms with van der Waals surface area (Å²) < 4.78 is 19.1. The molecule has 1 saturated heterocycles. The van der Waals surface area contributed by atoms with Crippen LogP contribution < -0.4 is 10.5 Å². The van der Waals surface area contributed by atoms with Gasteiger partial charge in [-0.2, -0.15) is 0 Å². The zero-order valence-corrected chi connectivity index (χ0v) is 23.0. The third-order valence-electron chi connectivity index (χ3n) is 6.96. The van der Waals surface area contributed by atoms with Crippen molar-refractivity contribution in [1.82, 2.24) is 14.5 Å². The Morgan fingerprint density at radius 3 is 2.72 bits per heavy atom. The van der Waals surface area contributed by atoms with Gasteiger partial charge >= 0.3 is 0 Å². The van der Waals surface area contributed by atoms with E-state index in [1.807, 2.05) is 49.0 Å². The van der Waals surface area contributed by atoms with Crippen LogP contribution in [0.5, 0.6) is 5.75 Å². The maximum atomic E-state index is 12.1. The zero-order valence-electron chi connectivity index (χ0n) is 22.2. The number of hydrogen-bond donors (Lipinski definition) is 1. The van der Waals surface area contributed by atoms with Gasteiger partial charge in [-0.05, 0) is 74.9 Å². The van der Waals surface area contributed by atoms with Gasteiger partial charge in [0.05, 0.1) is 22.6 Å². The van der Waals surface area contributed by atoms with Crippen molar-refractivity contribution in [2.45, 2.75) is 75.0 Å². The molecule has 9 heteroatoms. The van der Waals surface area contributed by atoms with Gasteiger partial charge in [0.1, 0.15) is 25.3 Å². The normalized spacial score (nSPS) is 17.5. The number of benzene rings is 1. The van der Waals surface area contributed by atoms with Crippen molar-refractivity contribution >= 4 is 17.7 Å². The number of rotatable bonds is 9. The Balaban J connectivity index is 1.23. The average molecular weight is 547 g/mol. The van der Waals surface area contributed by atoms with Crippen LogP contribution in [0.3, 0.4) is 0 Å². The second-order valence-electron chi connectivity index (χ2n) is 9.83. The fourth-order valence-corrected chi connectivity index (χ4v) is 6.00. The molecule has 1 aliphatic carbocycles. The number of hydrogen-bond acceptors (Lipinski definition) is 7. The largest absolute Gasteiger partial charge is 0.487 e. The van der Waals surface area contributed by atoms with Gasteiger partial charge in [0, 0.05) is 17.4 Å². The predicted octanol–water partition coefficient (Wildman–Crippen LogP) is 5.18. The van der Waals surface area contributed by atoms with Crippen LogP contribution in [-0.4, -0.2) is 45.2 Å². The maximum absolute atomic E-state index is 12.1. The van der Waals surface area contributed by atoms with Crippen LogP contribution in [-0.2, 0) is 16.1 Å². The lowest BCUT2D eigenvalue weighted by molar-refractivity contribution is -0.154. The minimum atomic E-state index is -0.601. The molecule has 1 aromatic carbocycles. The summed E-state index contributed by atoms with van der Waals surface area (Å²) in [5, 5.41) is 1.65. The molecule has 0 spiro atoms. The summed E-state index contributed by atoms with van der Waals surface area (Å²) in [5.41, 5.74) is 9.06. The Labute approximate surface area is 233 Å². The lowest BCUT2D eigenvalue weighted by Gasteiger charge is -2.21. The molecule has 1 amide bonds. The number of amides is 1. The molecule has 0 bridgehead atoms. The Bertz CT molecular complexity index is 1330. The van der Waals surface area contributed by atoms with E-state index in [2.05, 4.69) is 21.8 Å². The van der Waals surface area contributed by atoms with Crippen molar-refractivity contribution in [2.75, 3.05) is 13.2 Å². The van der Waals surface area contributed by atoms with Gasteiger partial charge < -0.3 is 19.9 Å². The second-order valence-corrected chi connectivity index (χ2v) is 11.1. The van der Waals surface area contributed by atoms with E-state index in [-0.39, 0.29) is 18.6 Å². The molecule has 2 N–H and O–H groups in total. The fourth-order valence-electron chi connectivity index (χ4n) is 4.83. The number of thioether (sulfide) groups is 1. The van der Waals surface area contributed by atoms with Crippen molar-refractivity contribution in [1.29, 1.82) is 0 Å². The van der Waals surface area contributed by atoms with Crippen LogP contribution in [0.25, 0.3) is 5.69 Å². The highest BCUT2D eigenvalue weighted by molar-refractivity contribution is 7.99. The first-order valence-corrected chi connectivity index (χ1v) is 14.4. The SMILES string of the molecule is Cc1cc(OCc2c(C(N)=O)ncn2-c2ccc(SC3CCCC3)nc2)ccc1C#CCOC1CCCCO1. The highest BCUT2D eigenvalue weighted by Crippen LogP contribution is 2.34. The molecule has 8 nitrogen and oxygen atoms in total. The number of aryl methyl sites for hydroxylation is 1. The Kier molecular flexibility index (Phi) is 9.19. The molecule has 5 rings (SSSR count). The Hall–Kier alpha value is -3.32. The molecule has 2 aliphatic rings. The van der Waals surface area contributed by atoms with Crippen molar-refractivity contribution in [3.8, 4) is 23.3 Å². The number of aromatic nitrogens is 3. The number of carbonyl (C=O) groups excluding carboxylic acids is 1. The zero-order chi connectivity index (χ0) is 27.0. The number of primary amides is 1. The van der Waals surface area contributed by atoms with Gasteiger partial charge in [0.2, 0.25) is 0 Å². The highest BCUT2D eigenvalue weighted by Gasteiger charge is 2.19. The molecular weight excluding hydrogens is 512 g/mol. The first-order valence-electron chi connectivity index (χ1n) is 13.5. The first-order chi connectivity index (χ1) is 19.1. The van der Waals surface area contributed by atoms with Crippen LogP contribution in [0.1, 0.15) is 72.3 Å². The third-order valence-corrected chi connectivity index (χ3v) is 8.25. The quantitative estimate of drug-likeness (QED) is 0.369. The number of pyridine rings is 1. The van der Waals surface area contributed by atoms with E-state index in [9.17, 15) is 4.79 Å². The molecule has 1 aliphatic heterocycles. The summed E-state index contributed by atoms with van der Waals surface area (Å²) in [6, 6.07) is 9.72. The van der Waals surface area contributed by atoms with Crippen molar-refractivity contribution in [2.24, 2.45) is 5.73 Å². The Morgan fingerprint density at radius 1 is 1.15 bits per heavy atom. The molecule has 1 unspecified atom stereocenters. The van der Waals surface area contributed by atoms with Crippen LogP contribution in [0.15, 0.2) is 47.9 Å². The molecule has 204 valence electrons. The van der Waals surface area contributed by atoms with E-state index >= 15 is 0 Å². The van der Waals surface area contributed by atoms with Gasteiger partial charge in [-0.1, -0.05) is 24.7 Å². The van der Waals surface area contributed by atoms with Crippen molar-refractivity contribution < 1.29 is 19.0 Å². The summed E-state index contributed by atoms with van der Waals surface area (Å²) in [6.45, 7) is 3.19. The lowest BCUT2D eigenvalue weighted by Crippen LogP contribution is -2.22. The standard InChI is InChI=1S/C30H34N4O4S/c1-21-17-24(13-11-22(21)7-6-16-37-28-10-4-5-15-36-28)38-19-26-29(30(31)35)33-20-34(26)23-12-14-27(32-18-23)39-25-8-2-3-9-25/h11-14,17-18,20,25,28H,2-5,8-10,15-16,19H2,1H3,(H2,31,35). The van der Waals surface area contributed by atoms with Crippen LogP contribution in [0, 0.1) is 18.8 Å². The summed E-state index contributed by atoms with van der Waals surface area (Å²) in [5.74, 6) is 6.29. The van der Waals surface area contributed by atoms with E-state index in [0.717, 1.165) is 47.7 Å². The van der Waals surface area contributed by atoms with E-state index in [1.165, 1.54) is 25.7 Å². The van der Waals surface area contributed by atoms with E-state index in [4.69, 9.17) is 19.9 Å². The molecule has 2 fully saturated rings. The molecule has 1 saturated carbocycles. The van der Waals surface area contributed by atoms with Crippen molar-refractivity contribution in [3.05, 3.63) is 65.4 Å². The number of nitrogens with zero attached hydrogens (tertiary/aromatic N) is 3. The van der Waals surface area contributed by atoms with Gasteiger partial charge in [-0.15, -0.1) is 11.8 Å². The van der Waals surface area contributed by atoms with E-state index in [1.54, 1.807) is 17.1 Å². The van der Waals surface area contributed by atoms with Crippen LogP contribution in [0.4, 0.5) is 0 Å². The van der Waals surface area contributed by atoms with Gasteiger partial charge in [0.15, 0.2) is 12.0 Å². The first kappa shape index (κ1) is 27.3. The number of ether oxygens (including phenoxy) is 3. The lowest BCUT2D eigenvalue weighted by atomic mass is 10.1. The summed E-state index contributed by atoms with van der Waals surface area (Å²) >= 11 is 1.83. The predicted molar refractivity (Wildman–Crippen MR) is 150 cm³/mol. The smallest absolute Gasteiger partial charge is 0.269 e. The van der Waals surface area contributed by atoms with E-state index < -0.39 is 5.91 Å². The van der Waals surface area contributed by atoms with Crippen molar-refractivity contribution in [3.63, 3.8) is 0 Å². The summed E-state index contributed by atoms with van der Waals surface area (Å²) in [6.07, 6.45) is 11.5. The average Bonchev–Trinajstić information content (AvgIpc) is 3.62. The van der Waals surface area contributed by atoms with Crippen LogP contribution in [0.2, 0.25) is 0 Å². The minimum Gasteiger partial charge on any atom is -0.487 e. The Morgan fingerprint density at radius 2 is 2.00 bits per heavy atom. The summed E-state index contributed by atoms with van der Waals surface area (Å²) in [7, 11) is 0. The van der Waals surface area contributed by atoms with Gasteiger partial charge in [-0.3, -0.25) is 9.36 Å². The van der Waals surface area contributed by atoms with Crippen LogP contribution >= 0.6 is 11.8 Å². The summed E-state index contributed by atoms with van der Waals surface area (Å²) in [4.78, 5) is 21.0. The molecule has 3 aromatic rings. The van der Waals surface area contributed by atoms with Gasteiger partial charge in [0.25, 0.3) is 5.91 Å². The molecule has 2 aromatic heterocycles. The van der Waals surface area contributed by atoms with E-state index in [0.29, 0.717) is 23.3 Å². The topological polar surface area (TPSA) is 101 Å². The highest BCUT2D eigenvalue weighted by atomic mass is 32.2. The second kappa shape index (κ2) is 13.2. The third kappa shape index (κ3) is 7.21. The number of imidazole rings is 1. The molecule has 0 radical (unpaired) electrons. The number of nitrogens with two attached hydrogens (primary N) is 1. The molecular formula is C30H34N4O4S. The molecule has 3 heterocycles. The maximum Gasteiger partial charge on any atom is 0.269 e. The van der Waals surface area contributed by atoms with Gasteiger partial charge in [-0.25, -0.2) is 9.97 Å². The monoisotopic (exact) mass is 546 g/mol. The molecule has 1 atom stereocenters. The fraction of sp³-hybridized carbons (Fsp3) is 0.433. The minimum absolute atomic E-state index is 0.122. The molecule has 39 heavy (non-hydrogen) atoms.